The number of nitrogens with zero attached hydrogens (tertiary/aromatic N) is 2. The topological polar surface area (TPSA) is 56.1 Å². The minimum atomic E-state index is -0.760. The zero-order valence-electron chi connectivity index (χ0n) is 11.0. The largest absolute Gasteiger partial charge is 0.369 e. The van der Waals surface area contributed by atoms with Gasteiger partial charge in [-0.15, -0.1) is 0 Å². The van der Waals surface area contributed by atoms with Gasteiger partial charge >= 0.3 is 0 Å². The van der Waals surface area contributed by atoms with Crippen molar-refractivity contribution in [3.63, 3.8) is 0 Å². The Labute approximate surface area is 110 Å². The Kier molecular flexibility index (Phi) is 4.91. The second kappa shape index (κ2) is 6.45. The van der Waals surface area contributed by atoms with Crippen LogP contribution < -0.4 is 5.32 Å². The Morgan fingerprint density at radius 1 is 1.72 bits per heavy atom. The molecular weight excluding hydrogens is 250 g/mol. The second-order valence-corrected chi connectivity index (χ2v) is 6.48. The first-order valence-corrected chi connectivity index (χ1v) is 7.95. The number of rotatable bonds is 5. The summed E-state index contributed by atoms with van der Waals surface area (Å²) in [7, 11) is -0.760. The Morgan fingerprint density at radius 2 is 2.56 bits per heavy atom. The van der Waals surface area contributed by atoms with Crippen molar-refractivity contribution in [3.8, 4) is 0 Å². The summed E-state index contributed by atoms with van der Waals surface area (Å²) in [5.74, 6) is 0. The number of hydrogen-bond donors (Lipinski definition) is 1. The summed E-state index contributed by atoms with van der Waals surface area (Å²) in [6.45, 7) is 5.35. The molecule has 1 fully saturated rings. The van der Waals surface area contributed by atoms with Crippen molar-refractivity contribution in [1.82, 2.24) is 14.9 Å². The summed E-state index contributed by atoms with van der Waals surface area (Å²) in [4.78, 5) is 4.20. The lowest BCUT2D eigenvalue weighted by atomic mass is 10.2. The van der Waals surface area contributed by atoms with Gasteiger partial charge in [-0.05, 0) is 6.42 Å². The predicted molar refractivity (Wildman–Crippen MR) is 71.9 cm³/mol. The van der Waals surface area contributed by atoms with E-state index in [4.69, 9.17) is 4.74 Å². The van der Waals surface area contributed by atoms with Gasteiger partial charge in [-0.25, -0.2) is 4.98 Å². The number of nitrogens with one attached hydrogen (secondary N) is 1. The first-order chi connectivity index (χ1) is 8.68. The molecule has 0 aliphatic carbocycles. The lowest BCUT2D eigenvalue weighted by molar-refractivity contribution is 0.0227. The van der Waals surface area contributed by atoms with E-state index >= 15 is 0 Å². The monoisotopic (exact) mass is 271 g/mol. The van der Waals surface area contributed by atoms with Crippen LogP contribution in [0.25, 0.3) is 0 Å². The summed E-state index contributed by atoms with van der Waals surface area (Å²) >= 11 is 0. The van der Waals surface area contributed by atoms with Gasteiger partial charge in [0.05, 0.1) is 24.8 Å². The van der Waals surface area contributed by atoms with E-state index in [1.807, 2.05) is 19.4 Å². The molecule has 1 aromatic heterocycles. The average molecular weight is 271 g/mol. The van der Waals surface area contributed by atoms with Crippen LogP contribution in [0, 0.1) is 0 Å². The number of morpholine rings is 1. The van der Waals surface area contributed by atoms with Crippen molar-refractivity contribution in [3.05, 3.63) is 18.2 Å². The number of hydrogen-bond acceptors (Lipinski definition) is 4. The maximum absolute atomic E-state index is 11.3. The third kappa shape index (κ3) is 3.40. The zero-order valence-corrected chi connectivity index (χ0v) is 11.8. The van der Waals surface area contributed by atoms with Gasteiger partial charge in [0.25, 0.3) is 0 Å². The smallest absolute Gasteiger partial charge is 0.111 e. The van der Waals surface area contributed by atoms with Crippen molar-refractivity contribution < 1.29 is 8.95 Å². The molecule has 0 aromatic carbocycles. The summed E-state index contributed by atoms with van der Waals surface area (Å²) in [5.41, 5.74) is 1.11. The molecule has 0 saturated carbocycles. The van der Waals surface area contributed by atoms with Crippen molar-refractivity contribution in [2.75, 3.05) is 26.0 Å². The Morgan fingerprint density at radius 3 is 3.22 bits per heavy atom. The van der Waals surface area contributed by atoms with Crippen molar-refractivity contribution in [2.45, 2.75) is 31.2 Å². The molecule has 6 heteroatoms. The predicted octanol–water partition coefficient (Wildman–Crippen LogP) is 0.701. The molecule has 2 rings (SSSR count). The fraction of sp³-hybridized carbons (Fsp3) is 0.750. The minimum Gasteiger partial charge on any atom is -0.369 e. The molecule has 2 heterocycles. The van der Waals surface area contributed by atoms with E-state index in [0.29, 0.717) is 0 Å². The van der Waals surface area contributed by atoms with Crippen LogP contribution in [-0.2, 0) is 22.1 Å². The summed E-state index contributed by atoms with van der Waals surface area (Å²) in [5, 5.41) is 3.53. The van der Waals surface area contributed by atoms with Gasteiger partial charge in [0.2, 0.25) is 0 Å². The fourth-order valence-corrected chi connectivity index (χ4v) is 2.47. The molecule has 0 bridgehead atoms. The molecular formula is C12H21N3O2S. The highest BCUT2D eigenvalue weighted by atomic mass is 32.2. The molecule has 1 saturated heterocycles. The zero-order chi connectivity index (χ0) is 13.0. The van der Waals surface area contributed by atoms with Crippen molar-refractivity contribution in [1.29, 1.82) is 0 Å². The van der Waals surface area contributed by atoms with E-state index in [2.05, 4.69) is 14.9 Å². The Hall–Kier alpha value is -0.720. The van der Waals surface area contributed by atoms with Gasteiger partial charge in [-0.1, -0.05) is 6.92 Å². The number of aryl methyl sites for hydroxylation is 1. The Balaban J connectivity index is 1.96. The highest BCUT2D eigenvalue weighted by Crippen LogP contribution is 2.19. The maximum Gasteiger partial charge on any atom is 0.111 e. The van der Waals surface area contributed by atoms with Gasteiger partial charge < -0.3 is 14.6 Å². The molecule has 3 unspecified atom stereocenters. The summed E-state index contributed by atoms with van der Waals surface area (Å²) < 4.78 is 19.2. The van der Waals surface area contributed by atoms with Crippen LogP contribution in [0.1, 0.15) is 25.1 Å². The quantitative estimate of drug-likeness (QED) is 0.856. The molecule has 0 amide bonds. The number of aromatic nitrogens is 2. The van der Waals surface area contributed by atoms with Crippen LogP contribution in [-0.4, -0.2) is 45.0 Å². The normalized spacial score (nSPS) is 23.8. The van der Waals surface area contributed by atoms with E-state index in [0.717, 1.165) is 38.4 Å². The molecule has 1 N–H and O–H groups in total. The van der Waals surface area contributed by atoms with Crippen LogP contribution in [0.15, 0.2) is 12.5 Å². The molecule has 0 radical (unpaired) electrons. The fourth-order valence-electron chi connectivity index (χ4n) is 2.03. The molecule has 1 aliphatic heterocycles. The van der Waals surface area contributed by atoms with Gasteiger partial charge in [-0.3, -0.25) is 4.21 Å². The molecule has 1 aliphatic rings. The van der Waals surface area contributed by atoms with Crippen LogP contribution in [0.2, 0.25) is 0 Å². The third-order valence-corrected chi connectivity index (χ3v) is 4.71. The standard InChI is InChI=1S/C12H21N3O2S/c1-10(18(2)16)3-5-15-9-14-7-11(15)12-8-13-4-6-17-12/h7,9-10,12-13H,3-6,8H2,1-2H3. The summed E-state index contributed by atoms with van der Waals surface area (Å²) in [6.07, 6.45) is 6.44. The third-order valence-electron chi connectivity index (χ3n) is 3.35. The molecule has 0 spiro atoms. The first kappa shape index (κ1) is 13.7. The molecule has 18 heavy (non-hydrogen) atoms. The molecule has 102 valence electrons. The number of imidazole rings is 1. The molecule has 5 nitrogen and oxygen atoms in total. The average Bonchev–Trinajstić information content (AvgIpc) is 2.85. The maximum atomic E-state index is 11.3. The highest BCUT2D eigenvalue weighted by molar-refractivity contribution is 7.84. The second-order valence-electron chi connectivity index (χ2n) is 4.67. The highest BCUT2D eigenvalue weighted by Gasteiger charge is 2.19. The van der Waals surface area contributed by atoms with E-state index in [1.165, 1.54) is 0 Å². The van der Waals surface area contributed by atoms with Crippen LogP contribution >= 0.6 is 0 Å². The lowest BCUT2D eigenvalue weighted by Gasteiger charge is -2.24. The van der Waals surface area contributed by atoms with Crippen molar-refractivity contribution in [2.24, 2.45) is 0 Å². The molecule has 1 aromatic rings. The SMILES string of the molecule is CC(CCn1cncc1C1CNCCO1)S(C)=O. The van der Waals surface area contributed by atoms with Gasteiger partial charge in [-0.2, -0.15) is 0 Å². The van der Waals surface area contributed by atoms with E-state index in [1.54, 1.807) is 6.26 Å². The van der Waals surface area contributed by atoms with Crippen molar-refractivity contribution >= 4 is 10.8 Å². The molecule has 3 atom stereocenters. The summed E-state index contributed by atoms with van der Waals surface area (Å²) in [6, 6.07) is 0. The first-order valence-electron chi connectivity index (χ1n) is 6.33. The van der Waals surface area contributed by atoms with E-state index in [-0.39, 0.29) is 11.4 Å². The van der Waals surface area contributed by atoms with Crippen LogP contribution in [0.3, 0.4) is 0 Å². The van der Waals surface area contributed by atoms with Crippen LogP contribution in [0.5, 0.6) is 0 Å². The number of ether oxygens (including phenoxy) is 1. The Bertz CT molecular complexity index is 402. The van der Waals surface area contributed by atoms with Gasteiger partial charge in [0.15, 0.2) is 0 Å². The van der Waals surface area contributed by atoms with Gasteiger partial charge in [0, 0.05) is 41.9 Å². The lowest BCUT2D eigenvalue weighted by Crippen LogP contribution is -2.34. The minimum absolute atomic E-state index is 0.0867. The van der Waals surface area contributed by atoms with Gasteiger partial charge in [0.1, 0.15) is 6.10 Å². The van der Waals surface area contributed by atoms with E-state index in [9.17, 15) is 4.21 Å². The van der Waals surface area contributed by atoms with E-state index < -0.39 is 10.8 Å². The van der Waals surface area contributed by atoms with Crippen LogP contribution in [0.4, 0.5) is 0 Å².